The minimum absolute atomic E-state index is 0.0884. The number of likely N-dealkylation sites (N-methyl/N-ethyl adjacent to an activating group) is 1. The number of nitrogens with two attached hydrogens (primary N) is 1. The lowest BCUT2D eigenvalue weighted by molar-refractivity contribution is -0.657. The number of hydrogen-bond donors (Lipinski definition) is 1. The van der Waals surface area contributed by atoms with Crippen LogP contribution in [-0.2, 0) is 4.74 Å². The Kier molecular flexibility index (Phi) is 5.26. The normalized spacial score (nSPS) is 13.7. The molecule has 0 aliphatic rings. The molecule has 0 bridgehead atoms. The predicted molar refractivity (Wildman–Crippen MR) is 83.3 cm³/mol. The molecule has 0 saturated heterocycles. The van der Waals surface area contributed by atoms with E-state index >= 15 is 0 Å². The maximum atomic E-state index is 12.7. The summed E-state index contributed by atoms with van der Waals surface area (Å²) in [5.41, 5.74) is 2.94. The molecule has 0 aliphatic carbocycles. The highest BCUT2D eigenvalue weighted by Crippen LogP contribution is 2.21. The molecule has 0 saturated carbocycles. The van der Waals surface area contributed by atoms with Crippen molar-refractivity contribution in [1.29, 1.82) is 0 Å². The zero-order valence-corrected chi connectivity index (χ0v) is 12.7. The van der Waals surface area contributed by atoms with E-state index in [9.17, 15) is 4.79 Å². The molecule has 0 unspecified atom stereocenters. The monoisotopic (exact) mass is 284 g/mol. The van der Waals surface area contributed by atoms with Crippen molar-refractivity contribution in [2.45, 2.75) is 19.1 Å². The molecule has 3 heteroatoms. The van der Waals surface area contributed by atoms with Crippen LogP contribution in [0.5, 0.6) is 0 Å². The maximum Gasteiger partial charge on any atom is 0.222 e. The molecule has 21 heavy (non-hydrogen) atoms. The minimum atomic E-state index is -0.292. The average molecular weight is 284 g/mol. The second-order valence-corrected chi connectivity index (χ2v) is 5.16. The van der Waals surface area contributed by atoms with Gasteiger partial charge in [-0.2, -0.15) is 0 Å². The van der Waals surface area contributed by atoms with Crippen molar-refractivity contribution in [3.05, 3.63) is 71.3 Å². The lowest BCUT2D eigenvalue weighted by Gasteiger charge is -2.22. The number of carbonyl (C=O) groups is 1. The number of methoxy groups -OCH3 is 1. The summed E-state index contributed by atoms with van der Waals surface area (Å²) in [6.07, 6.45) is -0.261. The molecule has 2 atom stereocenters. The molecular weight excluding hydrogens is 262 g/mol. The quantitative estimate of drug-likeness (QED) is 0.826. The molecule has 2 aromatic carbocycles. The molecule has 0 radical (unpaired) electrons. The van der Waals surface area contributed by atoms with Crippen LogP contribution < -0.4 is 5.32 Å². The molecule has 2 N–H and O–H groups in total. The molecule has 0 heterocycles. The van der Waals surface area contributed by atoms with E-state index in [0.717, 1.165) is 11.1 Å². The first-order valence-corrected chi connectivity index (χ1v) is 7.15. The van der Waals surface area contributed by atoms with E-state index in [1.807, 2.05) is 73.9 Å². The third-order valence-electron chi connectivity index (χ3n) is 3.71. The molecular formula is C18H22NO2+. The van der Waals surface area contributed by atoms with Gasteiger partial charge in [0.15, 0.2) is 6.04 Å². The first-order valence-electron chi connectivity index (χ1n) is 7.15. The second-order valence-electron chi connectivity index (χ2n) is 5.16. The van der Waals surface area contributed by atoms with Gasteiger partial charge in [-0.1, -0.05) is 60.2 Å². The Bertz CT molecular complexity index is 578. The van der Waals surface area contributed by atoms with Crippen LogP contribution in [0.2, 0.25) is 0 Å². The third-order valence-corrected chi connectivity index (χ3v) is 3.71. The van der Waals surface area contributed by atoms with Gasteiger partial charge in [-0.3, -0.25) is 4.79 Å². The van der Waals surface area contributed by atoms with E-state index in [0.29, 0.717) is 0 Å². The van der Waals surface area contributed by atoms with Crippen molar-refractivity contribution < 1.29 is 14.8 Å². The predicted octanol–water partition coefficient (Wildman–Crippen LogP) is 2.13. The standard InChI is InChI=1S/C18H21NO2/c1-13-9-11-15(12-10-13)18(21-3)16(19-2)17(20)14-7-5-4-6-8-14/h4-12,16,18-19H,1-3H3/p+1/t16-,18-/m1/s1. The van der Waals surface area contributed by atoms with Crippen molar-refractivity contribution >= 4 is 5.78 Å². The van der Waals surface area contributed by atoms with Crippen LogP contribution in [0.25, 0.3) is 0 Å². The number of ether oxygens (including phenoxy) is 1. The number of Topliss-reactive ketones (excluding diaryl/α,β-unsaturated/α-hetero) is 1. The van der Waals surface area contributed by atoms with E-state index in [1.54, 1.807) is 7.11 Å². The number of benzene rings is 2. The molecule has 3 nitrogen and oxygen atoms in total. The summed E-state index contributed by atoms with van der Waals surface area (Å²) in [4.78, 5) is 12.7. The van der Waals surface area contributed by atoms with Gasteiger partial charge in [-0.25, -0.2) is 0 Å². The molecule has 0 spiro atoms. The zero-order valence-electron chi connectivity index (χ0n) is 12.7. The molecule has 110 valence electrons. The van der Waals surface area contributed by atoms with E-state index in [2.05, 4.69) is 0 Å². The Labute approximate surface area is 126 Å². The smallest absolute Gasteiger partial charge is 0.222 e. The van der Waals surface area contributed by atoms with Gasteiger partial charge in [0, 0.05) is 12.7 Å². The number of rotatable bonds is 6. The van der Waals surface area contributed by atoms with Gasteiger partial charge in [0.05, 0.1) is 7.05 Å². The largest absolute Gasteiger partial charge is 0.370 e. The number of quaternary nitrogens is 1. The van der Waals surface area contributed by atoms with Gasteiger partial charge in [0.1, 0.15) is 6.10 Å². The van der Waals surface area contributed by atoms with Crippen LogP contribution in [0, 0.1) is 6.92 Å². The van der Waals surface area contributed by atoms with Crippen LogP contribution in [0.3, 0.4) is 0 Å². The van der Waals surface area contributed by atoms with Gasteiger partial charge in [-0.15, -0.1) is 0 Å². The van der Waals surface area contributed by atoms with Gasteiger partial charge in [-0.05, 0) is 12.5 Å². The molecule has 0 aliphatic heterocycles. The maximum absolute atomic E-state index is 12.7. The van der Waals surface area contributed by atoms with Crippen molar-refractivity contribution in [1.82, 2.24) is 0 Å². The van der Waals surface area contributed by atoms with E-state index in [1.165, 1.54) is 5.56 Å². The molecule has 2 aromatic rings. The Morgan fingerprint density at radius 1 is 1.05 bits per heavy atom. The van der Waals surface area contributed by atoms with Crippen LogP contribution in [-0.4, -0.2) is 26.0 Å². The van der Waals surface area contributed by atoms with Crippen molar-refractivity contribution in [3.63, 3.8) is 0 Å². The van der Waals surface area contributed by atoms with E-state index < -0.39 is 0 Å². The van der Waals surface area contributed by atoms with Crippen molar-refractivity contribution in [2.24, 2.45) is 0 Å². The topological polar surface area (TPSA) is 42.9 Å². The second kappa shape index (κ2) is 7.16. The first kappa shape index (κ1) is 15.4. The van der Waals surface area contributed by atoms with E-state index in [4.69, 9.17) is 4.74 Å². The fraction of sp³-hybridized carbons (Fsp3) is 0.278. The zero-order chi connectivity index (χ0) is 15.2. The van der Waals surface area contributed by atoms with Crippen LogP contribution in [0.15, 0.2) is 54.6 Å². The number of aryl methyl sites for hydroxylation is 1. The lowest BCUT2D eigenvalue weighted by Crippen LogP contribution is -2.89. The SMILES string of the molecule is C[NH2+][C@H](C(=O)c1ccccc1)[C@H](OC)c1ccc(C)cc1. The molecule has 2 rings (SSSR count). The van der Waals surface area contributed by atoms with Gasteiger partial charge >= 0.3 is 0 Å². The highest BCUT2D eigenvalue weighted by Gasteiger charge is 2.32. The average Bonchev–Trinajstić information content (AvgIpc) is 2.54. The van der Waals surface area contributed by atoms with Crippen molar-refractivity contribution in [2.75, 3.05) is 14.2 Å². The third kappa shape index (κ3) is 3.57. The lowest BCUT2D eigenvalue weighted by atomic mass is 9.94. The number of ketones is 1. The van der Waals surface area contributed by atoms with Gasteiger partial charge < -0.3 is 10.1 Å². The summed E-state index contributed by atoms with van der Waals surface area (Å²) in [5.74, 6) is 0.0884. The Hall–Kier alpha value is -1.97. The molecule has 0 amide bonds. The Morgan fingerprint density at radius 3 is 2.19 bits per heavy atom. The summed E-state index contributed by atoms with van der Waals surface area (Å²) in [6.45, 7) is 2.05. The highest BCUT2D eigenvalue weighted by atomic mass is 16.5. The van der Waals surface area contributed by atoms with Crippen LogP contribution in [0.4, 0.5) is 0 Å². The summed E-state index contributed by atoms with van der Waals surface area (Å²) in [7, 11) is 3.56. The highest BCUT2D eigenvalue weighted by molar-refractivity contribution is 5.99. The Morgan fingerprint density at radius 2 is 1.67 bits per heavy atom. The summed E-state index contributed by atoms with van der Waals surface area (Å²) in [6, 6.07) is 17.2. The Balaban J connectivity index is 2.29. The first-order chi connectivity index (χ1) is 10.2. The fourth-order valence-electron chi connectivity index (χ4n) is 2.50. The van der Waals surface area contributed by atoms with E-state index in [-0.39, 0.29) is 17.9 Å². The number of hydrogen-bond acceptors (Lipinski definition) is 2. The molecule has 0 fully saturated rings. The molecule has 0 aromatic heterocycles. The summed E-state index contributed by atoms with van der Waals surface area (Å²) >= 11 is 0. The fourth-order valence-corrected chi connectivity index (χ4v) is 2.50. The van der Waals surface area contributed by atoms with Crippen LogP contribution in [0.1, 0.15) is 27.6 Å². The summed E-state index contributed by atoms with van der Waals surface area (Å²) in [5, 5.41) is 1.92. The van der Waals surface area contributed by atoms with Gasteiger partial charge in [0.25, 0.3) is 0 Å². The number of carbonyl (C=O) groups excluding carboxylic acids is 1. The van der Waals surface area contributed by atoms with Crippen molar-refractivity contribution in [3.8, 4) is 0 Å². The summed E-state index contributed by atoms with van der Waals surface area (Å²) < 4.78 is 5.62. The van der Waals surface area contributed by atoms with Gasteiger partial charge in [0.2, 0.25) is 5.78 Å². The minimum Gasteiger partial charge on any atom is -0.370 e. The van der Waals surface area contributed by atoms with Crippen LogP contribution >= 0.6 is 0 Å².